The monoisotopic (exact) mass is 260 g/mol. The van der Waals surface area contributed by atoms with E-state index in [1.54, 1.807) is 6.20 Å². The second kappa shape index (κ2) is 3.31. The van der Waals surface area contributed by atoms with Crippen LogP contribution in [0, 0.1) is 6.92 Å². The van der Waals surface area contributed by atoms with Crippen molar-refractivity contribution < 1.29 is 3.89 Å². The average molecular weight is 261 g/mol. The van der Waals surface area contributed by atoms with Crippen molar-refractivity contribution in [3.63, 3.8) is 0 Å². The molecule has 0 fully saturated rings. The standard InChI is InChI=1S/C8H6BrFN2S/c1-5-6-4-11-12(13-10)8(6)3-2-7(5)9/h2-4H,1H3. The summed E-state index contributed by atoms with van der Waals surface area (Å²) >= 11 is 3.52. The number of benzene rings is 1. The van der Waals surface area contributed by atoms with E-state index in [4.69, 9.17) is 0 Å². The van der Waals surface area contributed by atoms with Crippen LogP contribution in [0.5, 0.6) is 0 Å². The van der Waals surface area contributed by atoms with Gasteiger partial charge in [0.1, 0.15) is 0 Å². The average Bonchev–Trinajstić information content (AvgIpc) is 2.55. The Labute approximate surface area is 87.7 Å². The maximum absolute atomic E-state index is 12.3. The van der Waals surface area contributed by atoms with Gasteiger partial charge in [-0.1, -0.05) is 15.9 Å². The zero-order valence-electron chi connectivity index (χ0n) is 6.79. The van der Waals surface area contributed by atoms with E-state index in [0.717, 1.165) is 20.9 Å². The molecule has 5 heteroatoms. The van der Waals surface area contributed by atoms with E-state index < -0.39 is 0 Å². The molecule has 2 aromatic rings. The van der Waals surface area contributed by atoms with Crippen LogP contribution in [-0.2, 0) is 0 Å². The van der Waals surface area contributed by atoms with Crippen molar-refractivity contribution >= 4 is 39.2 Å². The highest BCUT2D eigenvalue weighted by molar-refractivity contribution is 9.10. The number of aromatic nitrogens is 2. The van der Waals surface area contributed by atoms with Gasteiger partial charge in [-0.15, -0.1) is 3.89 Å². The molecular weight excluding hydrogens is 255 g/mol. The molecule has 0 spiro atoms. The fourth-order valence-electron chi connectivity index (χ4n) is 1.24. The number of hydrogen-bond donors (Lipinski definition) is 0. The van der Waals surface area contributed by atoms with Gasteiger partial charge < -0.3 is 0 Å². The number of hydrogen-bond acceptors (Lipinski definition) is 2. The second-order valence-electron chi connectivity index (χ2n) is 2.69. The maximum atomic E-state index is 12.3. The van der Waals surface area contributed by atoms with Crippen LogP contribution in [0.2, 0.25) is 0 Å². The van der Waals surface area contributed by atoms with Gasteiger partial charge in [0.15, 0.2) is 12.3 Å². The highest BCUT2D eigenvalue weighted by atomic mass is 79.9. The predicted molar refractivity (Wildman–Crippen MR) is 56.3 cm³/mol. The van der Waals surface area contributed by atoms with Crippen LogP contribution in [0.25, 0.3) is 10.9 Å². The lowest BCUT2D eigenvalue weighted by atomic mass is 10.1. The summed E-state index contributed by atoms with van der Waals surface area (Å²) in [5.41, 5.74) is 1.88. The largest absolute Gasteiger partial charge is 0.188 e. The smallest absolute Gasteiger partial charge is 0.176 e. The van der Waals surface area contributed by atoms with Gasteiger partial charge in [-0.05, 0) is 24.6 Å². The van der Waals surface area contributed by atoms with E-state index in [9.17, 15) is 3.89 Å². The number of nitrogens with zero attached hydrogens (tertiary/aromatic N) is 2. The van der Waals surface area contributed by atoms with Crippen LogP contribution in [-0.4, -0.2) is 9.19 Å². The van der Waals surface area contributed by atoms with Crippen molar-refractivity contribution in [3.8, 4) is 0 Å². The first-order chi connectivity index (χ1) is 6.24. The maximum Gasteiger partial charge on any atom is 0.188 e. The van der Waals surface area contributed by atoms with Gasteiger partial charge in [0.05, 0.1) is 11.7 Å². The molecule has 1 aromatic carbocycles. The van der Waals surface area contributed by atoms with E-state index in [1.807, 2.05) is 19.1 Å². The highest BCUT2D eigenvalue weighted by Gasteiger charge is 2.07. The molecule has 0 unspecified atom stereocenters. The van der Waals surface area contributed by atoms with Crippen molar-refractivity contribution in [2.45, 2.75) is 6.92 Å². The van der Waals surface area contributed by atoms with Crippen LogP contribution in [0.3, 0.4) is 0 Å². The normalized spacial score (nSPS) is 11.0. The minimum atomic E-state index is 0.110. The van der Waals surface area contributed by atoms with Crippen molar-refractivity contribution in [2.24, 2.45) is 0 Å². The summed E-state index contributed by atoms with van der Waals surface area (Å²) in [5.74, 6) is 0. The van der Waals surface area contributed by atoms with Crippen molar-refractivity contribution in [3.05, 3.63) is 28.4 Å². The Morgan fingerprint density at radius 2 is 2.31 bits per heavy atom. The van der Waals surface area contributed by atoms with Gasteiger partial charge in [0.2, 0.25) is 0 Å². The summed E-state index contributed by atoms with van der Waals surface area (Å²) in [6.45, 7) is 1.97. The molecule has 0 aliphatic carbocycles. The zero-order valence-corrected chi connectivity index (χ0v) is 9.19. The third kappa shape index (κ3) is 1.36. The molecule has 0 aliphatic heterocycles. The summed E-state index contributed by atoms with van der Waals surface area (Å²) in [4.78, 5) is 0. The van der Waals surface area contributed by atoms with Gasteiger partial charge in [-0.2, -0.15) is 9.19 Å². The molecule has 0 radical (unpaired) electrons. The van der Waals surface area contributed by atoms with Crippen LogP contribution in [0.15, 0.2) is 22.8 Å². The SMILES string of the molecule is Cc1c(Br)ccc2c1cnn2SF. The predicted octanol–water partition coefficient (Wildman–Crippen LogP) is 3.49. The van der Waals surface area contributed by atoms with Gasteiger partial charge in [0, 0.05) is 9.86 Å². The molecule has 0 amide bonds. The topological polar surface area (TPSA) is 17.8 Å². The first kappa shape index (κ1) is 9.02. The quantitative estimate of drug-likeness (QED) is 0.782. The lowest BCUT2D eigenvalue weighted by Gasteiger charge is -1.99. The van der Waals surface area contributed by atoms with E-state index >= 15 is 0 Å². The fraction of sp³-hybridized carbons (Fsp3) is 0.125. The Bertz CT molecular complexity index is 455. The first-order valence-corrected chi connectivity index (χ1v) is 5.12. The Morgan fingerprint density at radius 3 is 3.00 bits per heavy atom. The lowest BCUT2D eigenvalue weighted by molar-refractivity contribution is 0.888. The molecule has 0 saturated carbocycles. The Balaban J connectivity index is 2.81. The summed E-state index contributed by atoms with van der Waals surface area (Å²) in [6.07, 6.45) is 1.67. The van der Waals surface area contributed by atoms with Gasteiger partial charge in [-0.3, -0.25) is 0 Å². The molecule has 13 heavy (non-hydrogen) atoms. The molecule has 0 atom stereocenters. The molecular formula is C8H6BrFN2S. The third-order valence-electron chi connectivity index (χ3n) is 1.99. The molecule has 0 saturated heterocycles. The minimum absolute atomic E-state index is 0.110. The van der Waals surface area contributed by atoms with Gasteiger partial charge >= 0.3 is 0 Å². The van der Waals surface area contributed by atoms with Crippen LogP contribution < -0.4 is 0 Å². The van der Waals surface area contributed by atoms with Crippen molar-refractivity contribution in [1.82, 2.24) is 9.19 Å². The molecule has 0 aliphatic rings. The van der Waals surface area contributed by atoms with Crippen molar-refractivity contribution in [1.29, 1.82) is 0 Å². The van der Waals surface area contributed by atoms with Crippen LogP contribution in [0.4, 0.5) is 3.89 Å². The summed E-state index contributed by atoms with van der Waals surface area (Å²) in [5, 5.41) is 4.87. The van der Waals surface area contributed by atoms with E-state index in [0.29, 0.717) is 0 Å². The molecule has 0 N–H and O–H groups in total. The second-order valence-corrected chi connectivity index (χ2v) is 4.03. The molecule has 1 aromatic heterocycles. The molecule has 68 valence electrons. The van der Waals surface area contributed by atoms with Crippen LogP contribution >= 0.6 is 28.3 Å². The van der Waals surface area contributed by atoms with E-state index in [-0.39, 0.29) is 12.3 Å². The molecule has 1 heterocycles. The molecule has 0 bridgehead atoms. The minimum Gasteiger partial charge on any atom is -0.176 e. The Kier molecular flexibility index (Phi) is 2.29. The fourth-order valence-corrected chi connectivity index (χ4v) is 1.91. The summed E-state index contributed by atoms with van der Waals surface area (Å²) < 4.78 is 14.6. The molecule has 2 nitrogen and oxygen atoms in total. The lowest BCUT2D eigenvalue weighted by Crippen LogP contribution is -1.84. The van der Waals surface area contributed by atoms with Crippen molar-refractivity contribution in [2.75, 3.05) is 0 Å². The summed E-state index contributed by atoms with van der Waals surface area (Å²) in [7, 11) is 0. The highest BCUT2D eigenvalue weighted by Crippen LogP contribution is 2.27. The van der Waals surface area contributed by atoms with Gasteiger partial charge in [0.25, 0.3) is 0 Å². The zero-order chi connectivity index (χ0) is 9.42. The van der Waals surface area contributed by atoms with E-state index in [2.05, 4.69) is 21.0 Å². The number of rotatable bonds is 1. The number of aryl methyl sites for hydroxylation is 1. The first-order valence-electron chi connectivity index (χ1n) is 3.66. The molecule has 2 rings (SSSR count). The number of halogens is 2. The Morgan fingerprint density at radius 1 is 1.54 bits per heavy atom. The van der Waals surface area contributed by atoms with Crippen LogP contribution in [0.1, 0.15) is 5.56 Å². The summed E-state index contributed by atoms with van der Waals surface area (Å²) in [6, 6.07) is 3.73. The number of fused-ring (bicyclic) bond motifs is 1. The van der Waals surface area contributed by atoms with Gasteiger partial charge in [-0.25, -0.2) is 0 Å². The van der Waals surface area contributed by atoms with E-state index in [1.165, 1.54) is 4.09 Å². The third-order valence-corrected chi connectivity index (χ3v) is 3.27. The Hall–Kier alpha value is -0.550.